The molecule has 0 saturated heterocycles. The molecule has 3 rings (SSSR count). The number of hydrazone groups is 1. The predicted octanol–water partition coefficient (Wildman–Crippen LogP) is 4.03. The van der Waals surface area contributed by atoms with Gasteiger partial charge in [-0.3, -0.25) is 0 Å². The van der Waals surface area contributed by atoms with Gasteiger partial charge in [-0.1, -0.05) is 0 Å². The molecule has 0 aliphatic carbocycles. The highest BCUT2D eigenvalue weighted by molar-refractivity contribution is 5.91. The lowest BCUT2D eigenvalue weighted by Crippen LogP contribution is -2.24. The first-order valence-electron chi connectivity index (χ1n) is 8.66. The van der Waals surface area contributed by atoms with E-state index < -0.39 is 23.4 Å². The summed E-state index contributed by atoms with van der Waals surface area (Å²) in [6.45, 7) is 0. The van der Waals surface area contributed by atoms with Crippen molar-refractivity contribution in [2.45, 2.75) is 6.18 Å². The van der Waals surface area contributed by atoms with Gasteiger partial charge < -0.3 is 14.6 Å². The average molecular weight is 418 g/mol. The zero-order valence-corrected chi connectivity index (χ0v) is 15.9. The summed E-state index contributed by atoms with van der Waals surface area (Å²) in [5, 5.41) is 6.68. The zero-order valence-electron chi connectivity index (χ0n) is 15.9. The minimum atomic E-state index is -4.46. The standard InChI is InChI=1S/C20H17F3N4O3/c1-27(2)16-8-3-12-9-13(18(28)30-17(12)10-16)11-24-26-19(29)25-15-6-4-14(5-7-15)20(21,22)23/h3-11H,1-2H3,(H2,25,26,29)/b24-11+. The number of rotatable bonds is 4. The Morgan fingerprint density at radius 3 is 2.43 bits per heavy atom. The van der Waals surface area contributed by atoms with Crippen LogP contribution in [0.3, 0.4) is 0 Å². The Morgan fingerprint density at radius 1 is 1.10 bits per heavy atom. The maximum absolute atomic E-state index is 12.5. The van der Waals surface area contributed by atoms with Gasteiger partial charge in [-0.05, 0) is 42.5 Å². The number of alkyl halides is 3. The third-order valence-electron chi connectivity index (χ3n) is 4.10. The monoisotopic (exact) mass is 418 g/mol. The number of amides is 2. The number of fused-ring (bicyclic) bond motifs is 1. The van der Waals surface area contributed by atoms with E-state index in [0.29, 0.717) is 11.0 Å². The summed E-state index contributed by atoms with van der Waals surface area (Å²) in [4.78, 5) is 25.8. The molecule has 0 aliphatic rings. The smallest absolute Gasteiger partial charge is 0.416 e. The van der Waals surface area contributed by atoms with E-state index in [2.05, 4.69) is 15.8 Å². The largest absolute Gasteiger partial charge is 0.422 e. The number of nitrogens with zero attached hydrogens (tertiary/aromatic N) is 2. The Kier molecular flexibility index (Phi) is 5.77. The van der Waals surface area contributed by atoms with Crippen molar-refractivity contribution in [3.05, 3.63) is 70.1 Å². The highest BCUT2D eigenvalue weighted by Crippen LogP contribution is 2.29. The first-order chi connectivity index (χ1) is 14.1. The first kappa shape index (κ1) is 20.9. The molecule has 0 fully saturated rings. The Labute approximate surface area is 168 Å². The van der Waals surface area contributed by atoms with E-state index >= 15 is 0 Å². The molecule has 0 unspecified atom stereocenters. The van der Waals surface area contributed by atoms with E-state index in [9.17, 15) is 22.8 Å². The molecule has 10 heteroatoms. The highest BCUT2D eigenvalue weighted by Gasteiger charge is 2.29. The molecule has 2 aromatic carbocycles. The quantitative estimate of drug-likeness (QED) is 0.381. The van der Waals surface area contributed by atoms with E-state index in [1.165, 1.54) is 0 Å². The molecule has 0 bridgehead atoms. The Morgan fingerprint density at radius 2 is 1.80 bits per heavy atom. The fourth-order valence-corrected chi connectivity index (χ4v) is 2.55. The summed E-state index contributed by atoms with van der Waals surface area (Å²) in [5.41, 5.74) is 2.23. The second-order valence-electron chi connectivity index (χ2n) is 6.50. The number of anilines is 2. The van der Waals surface area contributed by atoms with Gasteiger partial charge in [0.05, 0.1) is 17.3 Å². The topological polar surface area (TPSA) is 86.9 Å². The number of hydrogen-bond acceptors (Lipinski definition) is 5. The molecule has 2 N–H and O–H groups in total. The average Bonchev–Trinajstić information content (AvgIpc) is 2.67. The van der Waals surface area contributed by atoms with Crippen LogP contribution in [-0.4, -0.2) is 26.3 Å². The Balaban J connectivity index is 1.66. The molecular weight excluding hydrogens is 401 g/mol. The van der Waals surface area contributed by atoms with Crippen LogP contribution in [0.25, 0.3) is 11.0 Å². The molecule has 3 aromatic rings. The number of urea groups is 1. The number of benzene rings is 2. The van der Waals surface area contributed by atoms with Crippen LogP contribution in [-0.2, 0) is 6.18 Å². The van der Waals surface area contributed by atoms with Gasteiger partial charge in [0.1, 0.15) is 5.58 Å². The minimum Gasteiger partial charge on any atom is -0.422 e. The zero-order chi connectivity index (χ0) is 21.9. The maximum Gasteiger partial charge on any atom is 0.416 e. The van der Waals surface area contributed by atoms with E-state index in [1.54, 1.807) is 18.2 Å². The van der Waals surface area contributed by atoms with Crippen LogP contribution in [0.2, 0.25) is 0 Å². The fraction of sp³-hybridized carbons (Fsp3) is 0.150. The summed E-state index contributed by atoms with van der Waals surface area (Å²) in [6, 6.07) is 10.1. The predicted molar refractivity (Wildman–Crippen MR) is 108 cm³/mol. The van der Waals surface area contributed by atoms with E-state index in [0.717, 1.165) is 36.2 Å². The van der Waals surface area contributed by atoms with Crippen molar-refractivity contribution in [3.63, 3.8) is 0 Å². The van der Waals surface area contributed by atoms with Gasteiger partial charge >= 0.3 is 17.8 Å². The number of hydrogen-bond donors (Lipinski definition) is 2. The van der Waals surface area contributed by atoms with Crippen molar-refractivity contribution in [2.24, 2.45) is 5.10 Å². The van der Waals surface area contributed by atoms with Gasteiger partial charge in [0.15, 0.2) is 0 Å². The second-order valence-corrected chi connectivity index (χ2v) is 6.50. The van der Waals surface area contributed by atoms with Crippen molar-refractivity contribution in [1.29, 1.82) is 0 Å². The van der Waals surface area contributed by atoms with Gasteiger partial charge in [0.25, 0.3) is 0 Å². The first-order valence-corrected chi connectivity index (χ1v) is 8.66. The van der Waals surface area contributed by atoms with E-state index in [1.807, 2.05) is 25.1 Å². The van der Waals surface area contributed by atoms with Crippen LogP contribution in [0.15, 0.2) is 62.8 Å². The molecule has 0 atom stereocenters. The Hall–Kier alpha value is -3.82. The van der Waals surface area contributed by atoms with Crippen molar-refractivity contribution >= 4 is 34.6 Å². The van der Waals surface area contributed by atoms with Gasteiger partial charge in [-0.15, -0.1) is 0 Å². The Bertz CT molecular complexity index is 1150. The summed E-state index contributed by atoms with van der Waals surface area (Å²) < 4.78 is 42.9. The molecular formula is C20H17F3N4O3. The molecule has 1 heterocycles. The molecule has 0 radical (unpaired) electrons. The lowest BCUT2D eigenvalue weighted by Gasteiger charge is -2.12. The number of nitrogens with one attached hydrogen (secondary N) is 2. The number of carbonyl (C=O) groups is 1. The van der Waals surface area contributed by atoms with E-state index in [-0.39, 0.29) is 11.3 Å². The van der Waals surface area contributed by atoms with Crippen LogP contribution in [0, 0.1) is 0 Å². The summed E-state index contributed by atoms with van der Waals surface area (Å²) >= 11 is 0. The molecule has 30 heavy (non-hydrogen) atoms. The third kappa shape index (κ3) is 4.96. The lowest BCUT2D eigenvalue weighted by molar-refractivity contribution is -0.137. The lowest BCUT2D eigenvalue weighted by atomic mass is 10.2. The summed E-state index contributed by atoms with van der Waals surface area (Å²) in [6.07, 6.45) is -3.34. The molecule has 2 amide bonds. The second kappa shape index (κ2) is 8.27. The van der Waals surface area contributed by atoms with Gasteiger partial charge in [0.2, 0.25) is 0 Å². The summed E-state index contributed by atoms with van der Waals surface area (Å²) in [5.74, 6) is 0. The molecule has 156 valence electrons. The molecule has 0 saturated carbocycles. The van der Waals surface area contributed by atoms with Crippen molar-refractivity contribution in [3.8, 4) is 0 Å². The van der Waals surface area contributed by atoms with Crippen molar-refractivity contribution in [2.75, 3.05) is 24.3 Å². The van der Waals surface area contributed by atoms with Crippen LogP contribution in [0.4, 0.5) is 29.3 Å². The maximum atomic E-state index is 12.5. The van der Waals surface area contributed by atoms with Crippen LogP contribution in [0.1, 0.15) is 11.1 Å². The summed E-state index contributed by atoms with van der Waals surface area (Å²) in [7, 11) is 3.73. The van der Waals surface area contributed by atoms with Crippen molar-refractivity contribution < 1.29 is 22.4 Å². The van der Waals surface area contributed by atoms with Crippen molar-refractivity contribution in [1.82, 2.24) is 5.43 Å². The van der Waals surface area contributed by atoms with Crippen LogP contribution in [0.5, 0.6) is 0 Å². The number of carbonyl (C=O) groups excluding carboxylic acids is 1. The van der Waals surface area contributed by atoms with Crippen LogP contribution < -0.4 is 21.3 Å². The fourth-order valence-electron chi connectivity index (χ4n) is 2.55. The SMILES string of the molecule is CN(C)c1ccc2cc(/C=N/NC(=O)Nc3ccc(C(F)(F)F)cc3)c(=O)oc2c1. The number of halogens is 3. The highest BCUT2D eigenvalue weighted by atomic mass is 19.4. The van der Waals surface area contributed by atoms with Gasteiger partial charge in [-0.2, -0.15) is 18.3 Å². The molecule has 1 aromatic heterocycles. The van der Waals surface area contributed by atoms with E-state index in [4.69, 9.17) is 4.42 Å². The third-order valence-corrected chi connectivity index (χ3v) is 4.10. The van der Waals surface area contributed by atoms with Crippen LogP contribution >= 0.6 is 0 Å². The molecule has 0 spiro atoms. The molecule has 7 nitrogen and oxygen atoms in total. The minimum absolute atomic E-state index is 0.120. The normalized spacial score (nSPS) is 11.6. The van der Waals surface area contributed by atoms with Gasteiger partial charge in [-0.25, -0.2) is 15.0 Å². The molecule has 0 aliphatic heterocycles. The van der Waals surface area contributed by atoms with Gasteiger partial charge in [0, 0.05) is 36.9 Å².